The summed E-state index contributed by atoms with van der Waals surface area (Å²) in [6.07, 6.45) is 4.62. The third-order valence-corrected chi connectivity index (χ3v) is 5.81. The molecule has 0 aliphatic rings. The molecule has 0 atom stereocenters. The van der Waals surface area contributed by atoms with Gasteiger partial charge >= 0.3 is 0 Å². The van der Waals surface area contributed by atoms with E-state index in [1.807, 2.05) is 31.2 Å². The smallest absolute Gasteiger partial charge is 0.280 e. The number of hydrogen-bond acceptors (Lipinski definition) is 3. The molecule has 0 fully saturated rings. The fraction of sp³-hybridized carbons (Fsp3) is 0.308. The summed E-state index contributed by atoms with van der Waals surface area (Å²) in [5.41, 5.74) is 6.73. The molecule has 2 aromatic carbocycles. The van der Waals surface area contributed by atoms with E-state index in [0.717, 1.165) is 47.6 Å². The highest BCUT2D eigenvalue weighted by molar-refractivity contribution is 5.99. The Bertz CT molecular complexity index is 1310. The topological polar surface area (TPSA) is 75.2 Å². The van der Waals surface area contributed by atoms with Crippen LogP contribution in [-0.2, 0) is 12.8 Å². The van der Waals surface area contributed by atoms with E-state index in [1.165, 1.54) is 16.5 Å². The van der Waals surface area contributed by atoms with Gasteiger partial charge in [0.15, 0.2) is 0 Å². The third kappa shape index (κ3) is 4.26. The lowest BCUT2D eigenvalue weighted by molar-refractivity contribution is 0.414. The van der Waals surface area contributed by atoms with Crippen molar-refractivity contribution in [1.29, 1.82) is 0 Å². The standard InChI is InChI=1S/C26H30N4O2/c1-5-6-24-25(26(31)30(29-24)20-8-10-21(32-4)11-9-20)18(3)27-14-13-19-16-28-23-12-7-17(2)15-22(19)23/h7-12,15-16,28-29H,5-6,13-14H2,1-4H3. The molecule has 2 heterocycles. The molecule has 0 unspecified atom stereocenters. The van der Waals surface area contributed by atoms with Gasteiger partial charge < -0.3 is 9.72 Å². The van der Waals surface area contributed by atoms with Gasteiger partial charge in [-0.05, 0) is 68.7 Å². The Morgan fingerprint density at radius 2 is 1.91 bits per heavy atom. The molecule has 0 saturated carbocycles. The van der Waals surface area contributed by atoms with Crippen molar-refractivity contribution in [2.24, 2.45) is 4.99 Å². The minimum Gasteiger partial charge on any atom is -0.497 e. The second-order valence-electron chi connectivity index (χ2n) is 8.13. The minimum absolute atomic E-state index is 0.0671. The monoisotopic (exact) mass is 430 g/mol. The first-order valence-corrected chi connectivity index (χ1v) is 11.1. The van der Waals surface area contributed by atoms with Crippen molar-refractivity contribution in [2.75, 3.05) is 13.7 Å². The first-order valence-electron chi connectivity index (χ1n) is 11.1. The van der Waals surface area contributed by atoms with Gasteiger partial charge in [0.05, 0.1) is 18.4 Å². The number of aliphatic imine (C=N–C) groups is 1. The van der Waals surface area contributed by atoms with Gasteiger partial charge in [-0.25, -0.2) is 4.68 Å². The van der Waals surface area contributed by atoms with Crippen molar-refractivity contribution in [3.05, 3.63) is 81.4 Å². The lowest BCUT2D eigenvalue weighted by Gasteiger charge is -2.03. The van der Waals surface area contributed by atoms with Crippen LogP contribution in [0.2, 0.25) is 0 Å². The summed E-state index contributed by atoms with van der Waals surface area (Å²) in [7, 11) is 1.63. The Morgan fingerprint density at radius 1 is 1.12 bits per heavy atom. The third-order valence-electron chi connectivity index (χ3n) is 5.81. The number of aromatic nitrogens is 3. The van der Waals surface area contributed by atoms with E-state index in [9.17, 15) is 4.79 Å². The van der Waals surface area contributed by atoms with Crippen molar-refractivity contribution in [3.8, 4) is 11.4 Å². The van der Waals surface area contributed by atoms with Gasteiger partial charge in [0.1, 0.15) is 5.75 Å². The number of hydrogen-bond donors (Lipinski definition) is 2. The van der Waals surface area contributed by atoms with Crippen LogP contribution in [-0.4, -0.2) is 34.1 Å². The molecule has 0 spiro atoms. The Morgan fingerprint density at radius 3 is 2.62 bits per heavy atom. The summed E-state index contributed by atoms with van der Waals surface area (Å²) in [5, 5.41) is 4.54. The average molecular weight is 431 g/mol. The maximum Gasteiger partial charge on any atom is 0.280 e. The second-order valence-corrected chi connectivity index (χ2v) is 8.13. The molecule has 0 saturated heterocycles. The Hall–Kier alpha value is -3.54. The van der Waals surface area contributed by atoms with E-state index in [2.05, 4.69) is 48.3 Å². The Labute approximate surface area is 187 Å². The number of benzene rings is 2. The van der Waals surface area contributed by atoms with Crippen molar-refractivity contribution in [3.63, 3.8) is 0 Å². The molecule has 0 amide bonds. The van der Waals surface area contributed by atoms with Crippen LogP contribution in [0.25, 0.3) is 16.6 Å². The summed E-state index contributed by atoms with van der Waals surface area (Å²) < 4.78 is 6.83. The summed E-state index contributed by atoms with van der Waals surface area (Å²) in [6.45, 7) is 6.78. The quantitative estimate of drug-likeness (QED) is 0.387. The van der Waals surface area contributed by atoms with Crippen molar-refractivity contribution in [1.82, 2.24) is 14.8 Å². The molecule has 6 heteroatoms. The maximum absolute atomic E-state index is 13.3. The van der Waals surface area contributed by atoms with Gasteiger partial charge in [-0.1, -0.05) is 25.0 Å². The zero-order chi connectivity index (χ0) is 22.7. The second kappa shape index (κ2) is 9.30. The van der Waals surface area contributed by atoms with E-state index in [1.54, 1.807) is 11.8 Å². The van der Waals surface area contributed by atoms with Gasteiger partial charge in [-0.3, -0.25) is 14.9 Å². The van der Waals surface area contributed by atoms with Crippen LogP contribution in [0.1, 0.15) is 42.7 Å². The molecule has 32 heavy (non-hydrogen) atoms. The molecule has 0 radical (unpaired) electrons. The molecule has 2 aromatic heterocycles. The van der Waals surface area contributed by atoms with Crippen molar-refractivity contribution >= 4 is 16.6 Å². The van der Waals surface area contributed by atoms with E-state index in [4.69, 9.17) is 9.73 Å². The Kier molecular flexibility index (Phi) is 6.30. The fourth-order valence-electron chi connectivity index (χ4n) is 4.12. The molecular formula is C26H30N4O2. The lowest BCUT2D eigenvalue weighted by atomic mass is 10.1. The van der Waals surface area contributed by atoms with Gasteiger partial charge in [-0.15, -0.1) is 0 Å². The molecule has 0 aliphatic heterocycles. The highest BCUT2D eigenvalue weighted by Crippen LogP contribution is 2.20. The van der Waals surface area contributed by atoms with Crippen LogP contribution >= 0.6 is 0 Å². The number of aromatic amines is 2. The van der Waals surface area contributed by atoms with E-state index < -0.39 is 0 Å². The number of rotatable bonds is 8. The molecule has 2 N–H and O–H groups in total. The summed E-state index contributed by atoms with van der Waals surface area (Å²) in [4.78, 5) is 21.4. The van der Waals surface area contributed by atoms with Crippen molar-refractivity contribution < 1.29 is 4.74 Å². The predicted octanol–water partition coefficient (Wildman–Crippen LogP) is 4.97. The number of nitrogens with one attached hydrogen (secondary N) is 2. The van der Waals surface area contributed by atoms with Crippen LogP contribution in [0.5, 0.6) is 5.75 Å². The van der Waals surface area contributed by atoms with Crippen LogP contribution in [0.3, 0.4) is 0 Å². The number of H-pyrrole nitrogens is 2. The first-order chi connectivity index (χ1) is 15.5. The van der Waals surface area contributed by atoms with Crippen LogP contribution in [0, 0.1) is 6.92 Å². The first kappa shape index (κ1) is 21.7. The fourth-order valence-corrected chi connectivity index (χ4v) is 4.12. The SMILES string of the molecule is CCCc1[nH]n(-c2ccc(OC)cc2)c(=O)c1C(C)=NCCc1c[nH]c2ccc(C)cc12. The molecular weight excluding hydrogens is 400 g/mol. The number of aryl methyl sites for hydroxylation is 2. The molecule has 0 aliphatic carbocycles. The van der Waals surface area contributed by atoms with Gasteiger partial charge in [0, 0.05) is 35.1 Å². The molecule has 4 aromatic rings. The Balaban J connectivity index is 1.60. The average Bonchev–Trinajstić information content (AvgIpc) is 3.34. The molecule has 4 rings (SSSR count). The maximum atomic E-state index is 13.3. The van der Waals surface area contributed by atoms with Gasteiger partial charge in [0.25, 0.3) is 5.56 Å². The summed E-state index contributed by atoms with van der Waals surface area (Å²) in [5.74, 6) is 0.757. The summed E-state index contributed by atoms with van der Waals surface area (Å²) in [6, 6.07) is 13.9. The van der Waals surface area contributed by atoms with E-state index >= 15 is 0 Å². The van der Waals surface area contributed by atoms with Crippen LogP contribution in [0.15, 0.2) is 58.4 Å². The highest BCUT2D eigenvalue weighted by atomic mass is 16.5. The molecule has 166 valence electrons. The summed E-state index contributed by atoms with van der Waals surface area (Å²) >= 11 is 0. The van der Waals surface area contributed by atoms with Crippen LogP contribution < -0.4 is 10.3 Å². The van der Waals surface area contributed by atoms with Crippen LogP contribution in [0.4, 0.5) is 0 Å². The predicted molar refractivity (Wildman–Crippen MR) is 131 cm³/mol. The minimum atomic E-state index is -0.0671. The molecule has 0 bridgehead atoms. The zero-order valence-corrected chi connectivity index (χ0v) is 19.2. The van der Waals surface area contributed by atoms with E-state index in [-0.39, 0.29) is 5.56 Å². The zero-order valence-electron chi connectivity index (χ0n) is 19.2. The number of methoxy groups -OCH3 is 1. The van der Waals surface area contributed by atoms with Crippen molar-refractivity contribution in [2.45, 2.75) is 40.0 Å². The highest BCUT2D eigenvalue weighted by Gasteiger charge is 2.17. The lowest BCUT2D eigenvalue weighted by Crippen LogP contribution is -2.20. The normalized spacial score (nSPS) is 11.9. The number of fused-ring (bicyclic) bond motifs is 1. The molecule has 6 nitrogen and oxygen atoms in total. The number of nitrogens with zero attached hydrogens (tertiary/aromatic N) is 2. The number of ether oxygens (including phenoxy) is 1. The largest absolute Gasteiger partial charge is 0.497 e. The van der Waals surface area contributed by atoms with E-state index in [0.29, 0.717) is 12.1 Å². The van der Waals surface area contributed by atoms with Gasteiger partial charge in [-0.2, -0.15) is 0 Å². The van der Waals surface area contributed by atoms with Gasteiger partial charge in [0.2, 0.25) is 0 Å².